The van der Waals surface area contributed by atoms with Gasteiger partial charge in [-0.3, -0.25) is 0 Å². The molecule has 2 aromatic rings. The molecule has 2 unspecified atom stereocenters. The highest BCUT2D eigenvalue weighted by atomic mass is 16.5. The molecule has 0 aliphatic heterocycles. The maximum Gasteiger partial charge on any atom is 0.124 e. The van der Waals surface area contributed by atoms with Gasteiger partial charge in [0.25, 0.3) is 0 Å². The number of benzene rings is 2. The molecule has 0 spiro atoms. The van der Waals surface area contributed by atoms with Gasteiger partial charge in [-0.05, 0) is 43.0 Å². The van der Waals surface area contributed by atoms with Crippen molar-refractivity contribution < 1.29 is 9.84 Å². The van der Waals surface area contributed by atoms with Crippen LogP contribution in [-0.2, 0) is 6.42 Å². The normalized spacial score (nSPS) is 18.6. The van der Waals surface area contributed by atoms with Gasteiger partial charge >= 0.3 is 0 Å². The van der Waals surface area contributed by atoms with Crippen molar-refractivity contribution in [1.29, 1.82) is 0 Å². The molecular weight excluding hydrogens is 248 g/mol. The van der Waals surface area contributed by atoms with Crippen LogP contribution in [0, 0.1) is 6.92 Å². The van der Waals surface area contributed by atoms with E-state index in [2.05, 4.69) is 24.3 Å². The summed E-state index contributed by atoms with van der Waals surface area (Å²) in [6.07, 6.45) is 1.54. The van der Waals surface area contributed by atoms with Crippen LogP contribution in [0.2, 0.25) is 0 Å². The second kappa shape index (κ2) is 5.29. The second-order valence-corrected chi connectivity index (χ2v) is 5.53. The highest BCUT2D eigenvalue weighted by Crippen LogP contribution is 2.43. The lowest BCUT2D eigenvalue weighted by Crippen LogP contribution is -2.10. The lowest BCUT2D eigenvalue weighted by atomic mass is 9.89. The van der Waals surface area contributed by atoms with Crippen molar-refractivity contribution in [2.24, 2.45) is 0 Å². The van der Waals surface area contributed by atoms with Crippen LogP contribution in [0.4, 0.5) is 0 Å². The highest BCUT2D eigenvalue weighted by Gasteiger charge is 2.30. The van der Waals surface area contributed by atoms with Crippen LogP contribution >= 0.6 is 0 Å². The van der Waals surface area contributed by atoms with Crippen molar-refractivity contribution in [3.05, 3.63) is 64.7 Å². The topological polar surface area (TPSA) is 29.5 Å². The molecule has 1 aliphatic carbocycles. The first kappa shape index (κ1) is 13.2. The predicted molar refractivity (Wildman–Crippen MR) is 80.2 cm³/mol. The molecule has 0 aromatic heterocycles. The van der Waals surface area contributed by atoms with E-state index in [-0.39, 0.29) is 5.92 Å². The first-order chi connectivity index (χ1) is 9.70. The van der Waals surface area contributed by atoms with E-state index >= 15 is 0 Å². The fraction of sp³-hybridized carbons (Fsp3) is 0.333. The van der Waals surface area contributed by atoms with Crippen molar-refractivity contribution >= 4 is 0 Å². The molecular formula is C18H20O2. The second-order valence-electron chi connectivity index (χ2n) is 5.53. The smallest absolute Gasteiger partial charge is 0.124 e. The van der Waals surface area contributed by atoms with Crippen molar-refractivity contribution in [3.8, 4) is 5.75 Å². The van der Waals surface area contributed by atoms with E-state index < -0.39 is 6.10 Å². The molecule has 1 N–H and O–H groups in total. The summed E-state index contributed by atoms with van der Waals surface area (Å²) in [4.78, 5) is 0. The van der Waals surface area contributed by atoms with E-state index in [1.54, 1.807) is 7.11 Å². The standard InChI is InChI=1S/C18H20O2/c1-12-7-10-17(20-2)16(11-12)18(19)15-9-8-13-5-3-4-6-14(13)15/h3-7,10-11,15,18-19H,8-9H2,1-2H3. The third-order valence-electron chi connectivity index (χ3n) is 4.26. The molecule has 2 heteroatoms. The first-order valence-corrected chi connectivity index (χ1v) is 7.11. The number of rotatable bonds is 3. The van der Waals surface area contributed by atoms with E-state index in [0.29, 0.717) is 0 Å². The Bertz CT molecular complexity index is 619. The number of fused-ring (bicyclic) bond motifs is 1. The Morgan fingerprint density at radius 2 is 2.00 bits per heavy atom. The van der Waals surface area contributed by atoms with Crippen molar-refractivity contribution in [2.75, 3.05) is 7.11 Å². The zero-order chi connectivity index (χ0) is 14.1. The molecule has 0 saturated heterocycles. The maximum absolute atomic E-state index is 10.8. The largest absolute Gasteiger partial charge is 0.496 e. The summed E-state index contributed by atoms with van der Waals surface area (Å²) < 4.78 is 5.41. The van der Waals surface area contributed by atoms with Gasteiger partial charge in [-0.2, -0.15) is 0 Å². The van der Waals surface area contributed by atoms with E-state index in [9.17, 15) is 5.11 Å². The molecule has 2 atom stereocenters. The van der Waals surface area contributed by atoms with Crippen LogP contribution in [0.15, 0.2) is 42.5 Å². The lowest BCUT2D eigenvalue weighted by molar-refractivity contribution is 0.141. The maximum atomic E-state index is 10.8. The van der Waals surface area contributed by atoms with Gasteiger partial charge in [0.05, 0.1) is 13.2 Å². The van der Waals surface area contributed by atoms with Crippen LogP contribution in [-0.4, -0.2) is 12.2 Å². The molecule has 0 radical (unpaired) electrons. The Labute approximate surface area is 120 Å². The number of hydrogen-bond acceptors (Lipinski definition) is 2. The summed E-state index contributed by atoms with van der Waals surface area (Å²) in [7, 11) is 1.66. The Kier molecular flexibility index (Phi) is 3.49. The molecule has 2 nitrogen and oxygen atoms in total. The molecule has 0 heterocycles. The minimum Gasteiger partial charge on any atom is -0.496 e. The summed E-state index contributed by atoms with van der Waals surface area (Å²) in [5.74, 6) is 0.939. The van der Waals surface area contributed by atoms with Gasteiger partial charge in [-0.1, -0.05) is 35.9 Å². The van der Waals surface area contributed by atoms with Gasteiger partial charge < -0.3 is 9.84 Å². The summed E-state index contributed by atoms with van der Waals surface area (Å²) >= 11 is 0. The molecule has 0 saturated carbocycles. The van der Waals surface area contributed by atoms with E-state index in [0.717, 1.165) is 29.7 Å². The number of methoxy groups -OCH3 is 1. The lowest BCUT2D eigenvalue weighted by Gasteiger charge is -2.22. The highest BCUT2D eigenvalue weighted by molar-refractivity contribution is 5.43. The predicted octanol–water partition coefficient (Wildman–Crippen LogP) is 3.77. The van der Waals surface area contributed by atoms with Crippen LogP contribution in [0.5, 0.6) is 5.75 Å². The van der Waals surface area contributed by atoms with Crippen molar-refractivity contribution in [2.45, 2.75) is 31.8 Å². The quantitative estimate of drug-likeness (QED) is 0.918. The number of aliphatic hydroxyl groups excluding tert-OH is 1. The van der Waals surface area contributed by atoms with Crippen LogP contribution in [0.1, 0.15) is 40.7 Å². The fourth-order valence-corrected chi connectivity index (χ4v) is 3.22. The third-order valence-corrected chi connectivity index (χ3v) is 4.26. The van der Waals surface area contributed by atoms with Gasteiger partial charge in [0.2, 0.25) is 0 Å². The number of aryl methyl sites for hydroxylation is 2. The van der Waals surface area contributed by atoms with E-state index in [4.69, 9.17) is 4.74 Å². The van der Waals surface area contributed by atoms with E-state index in [1.807, 2.05) is 25.1 Å². The SMILES string of the molecule is COc1ccc(C)cc1C(O)C1CCc2ccccc21. The monoisotopic (exact) mass is 268 g/mol. The van der Waals surface area contributed by atoms with Crippen LogP contribution in [0.25, 0.3) is 0 Å². The number of aliphatic hydroxyl groups is 1. The Morgan fingerprint density at radius 3 is 2.80 bits per heavy atom. The van der Waals surface area contributed by atoms with Gasteiger partial charge in [0.1, 0.15) is 5.75 Å². The van der Waals surface area contributed by atoms with Gasteiger partial charge in [0.15, 0.2) is 0 Å². The summed E-state index contributed by atoms with van der Waals surface area (Å²) in [6.45, 7) is 2.04. The molecule has 20 heavy (non-hydrogen) atoms. The third kappa shape index (κ3) is 2.20. The van der Waals surface area contributed by atoms with Crippen molar-refractivity contribution in [1.82, 2.24) is 0 Å². The summed E-state index contributed by atoms with van der Waals surface area (Å²) in [5.41, 5.74) is 4.69. The van der Waals surface area contributed by atoms with Crippen molar-refractivity contribution in [3.63, 3.8) is 0 Å². The van der Waals surface area contributed by atoms with E-state index in [1.165, 1.54) is 11.1 Å². The number of ether oxygens (including phenoxy) is 1. The van der Waals surface area contributed by atoms with Gasteiger partial charge in [-0.25, -0.2) is 0 Å². The zero-order valence-corrected chi connectivity index (χ0v) is 12.0. The number of hydrogen-bond donors (Lipinski definition) is 1. The van der Waals surface area contributed by atoms with Gasteiger partial charge in [-0.15, -0.1) is 0 Å². The molecule has 0 bridgehead atoms. The Balaban J connectivity index is 1.98. The molecule has 0 fully saturated rings. The average Bonchev–Trinajstić information content (AvgIpc) is 2.90. The average molecular weight is 268 g/mol. The summed E-state index contributed by atoms with van der Waals surface area (Å²) in [5, 5.41) is 10.8. The molecule has 1 aliphatic rings. The molecule has 0 amide bonds. The Hall–Kier alpha value is -1.80. The molecule has 104 valence electrons. The zero-order valence-electron chi connectivity index (χ0n) is 12.0. The molecule has 3 rings (SSSR count). The van der Waals surface area contributed by atoms with Crippen LogP contribution in [0.3, 0.4) is 0 Å². The first-order valence-electron chi connectivity index (χ1n) is 7.11. The molecule has 2 aromatic carbocycles. The summed E-state index contributed by atoms with van der Waals surface area (Å²) in [6, 6.07) is 14.4. The fourth-order valence-electron chi connectivity index (χ4n) is 3.22. The van der Waals surface area contributed by atoms with Crippen LogP contribution < -0.4 is 4.74 Å². The minimum absolute atomic E-state index is 0.168. The Morgan fingerprint density at radius 1 is 1.20 bits per heavy atom. The minimum atomic E-state index is -0.506. The van der Waals surface area contributed by atoms with Gasteiger partial charge in [0, 0.05) is 11.5 Å².